The van der Waals surface area contributed by atoms with Crippen LogP contribution in [0.15, 0.2) is 12.3 Å². The van der Waals surface area contributed by atoms with E-state index in [1.165, 1.54) is 0 Å². The zero-order valence-electron chi connectivity index (χ0n) is 9.23. The Morgan fingerprint density at radius 1 is 1.60 bits per heavy atom. The van der Waals surface area contributed by atoms with Crippen molar-refractivity contribution in [2.45, 2.75) is 25.8 Å². The van der Waals surface area contributed by atoms with E-state index in [2.05, 4.69) is 6.92 Å². The van der Waals surface area contributed by atoms with E-state index in [9.17, 15) is 4.79 Å². The van der Waals surface area contributed by atoms with E-state index < -0.39 is 0 Å². The van der Waals surface area contributed by atoms with Crippen LogP contribution in [0.25, 0.3) is 0 Å². The molecule has 0 bridgehead atoms. The zero-order chi connectivity index (χ0) is 11.0. The van der Waals surface area contributed by atoms with Crippen LogP contribution in [0.4, 0.5) is 5.69 Å². The van der Waals surface area contributed by atoms with Crippen LogP contribution in [0.5, 0.6) is 0 Å². The lowest BCUT2D eigenvalue weighted by Crippen LogP contribution is -2.34. The summed E-state index contributed by atoms with van der Waals surface area (Å²) in [6, 6.07) is 2.10. The molecule has 0 spiro atoms. The van der Waals surface area contributed by atoms with Gasteiger partial charge < -0.3 is 15.2 Å². The quantitative estimate of drug-likeness (QED) is 0.753. The number of likely N-dealkylation sites (tertiary alicyclic amines) is 1. The molecule has 4 heteroatoms. The number of hydrogen-bond acceptors (Lipinski definition) is 2. The standard InChI is InChI=1S/C11H17N3O/c1-8-4-3-5-14(8)11(15)10-6-9(12)7-13(10)2/h6-8H,3-5,12H2,1-2H3. The van der Waals surface area contributed by atoms with Crippen LogP contribution in [0.2, 0.25) is 0 Å². The van der Waals surface area contributed by atoms with Crippen LogP contribution >= 0.6 is 0 Å². The first-order valence-electron chi connectivity index (χ1n) is 5.32. The molecule has 0 aliphatic carbocycles. The van der Waals surface area contributed by atoms with Crippen LogP contribution in [0.1, 0.15) is 30.3 Å². The maximum absolute atomic E-state index is 12.1. The van der Waals surface area contributed by atoms with Gasteiger partial charge in [0.15, 0.2) is 0 Å². The molecular formula is C11H17N3O. The molecule has 2 rings (SSSR count). The van der Waals surface area contributed by atoms with Gasteiger partial charge in [-0.3, -0.25) is 4.79 Å². The highest BCUT2D eigenvalue weighted by atomic mass is 16.2. The number of aryl methyl sites for hydroxylation is 1. The van der Waals surface area contributed by atoms with E-state index >= 15 is 0 Å². The second-order valence-electron chi connectivity index (χ2n) is 4.26. The molecule has 1 aromatic heterocycles. The van der Waals surface area contributed by atoms with Crippen LogP contribution < -0.4 is 5.73 Å². The summed E-state index contributed by atoms with van der Waals surface area (Å²) in [5.41, 5.74) is 6.99. The van der Waals surface area contributed by atoms with Gasteiger partial charge in [0.05, 0.1) is 5.69 Å². The molecule has 1 amide bonds. The van der Waals surface area contributed by atoms with E-state index in [1.807, 2.05) is 11.9 Å². The van der Waals surface area contributed by atoms with Crippen molar-refractivity contribution in [3.05, 3.63) is 18.0 Å². The molecule has 1 unspecified atom stereocenters. The third kappa shape index (κ3) is 1.71. The van der Waals surface area contributed by atoms with Gasteiger partial charge in [0.1, 0.15) is 5.69 Å². The summed E-state index contributed by atoms with van der Waals surface area (Å²) in [6.45, 7) is 2.96. The van der Waals surface area contributed by atoms with Gasteiger partial charge in [0, 0.05) is 25.8 Å². The summed E-state index contributed by atoms with van der Waals surface area (Å²) in [4.78, 5) is 14.1. The molecule has 1 fully saturated rings. The Bertz CT molecular complexity index is 383. The molecule has 1 saturated heterocycles. The highest BCUT2D eigenvalue weighted by Crippen LogP contribution is 2.20. The maximum Gasteiger partial charge on any atom is 0.270 e. The SMILES string of the molecule is CC1CCCN1C(=O)c1cc(N)cn1C. The Labute approximate surface area is 89.7 Å². The van der Waals surface area contributed by atoms with Crippen molar-refractivity contribution in [2.75, 3.05) is 12.3 Å². The number of anilines is 1. The lowest BCUT2D eigenvalue weighted by molar-refractivity contribution is 0.0738. The molecule has 1 aliphatic rings. The molecule has 0 saturated carbocycles. The van der Waals surface area contributed by atoms with E-state index in [0.29, 0.717) is 17.4 Å². The van der Waals surface area contributed by atoms with Gasteiger partial charge in [-0.15, -0.1) is 0 Å². The number of amides is 1. The Balaban J connectivity index is 2.24. The van der Waals surface area contributed by atoms with Crippen LogP contribution in [0, 0.1) is 0 Å². The molecular weight excluding hydrogens is 190 g/mol. The van der Waals surface area contributed by atoms with Crippen LogP contribution in [-0.2, 0) is 7.05 Å². The Morgan fingerprint density at radius 2 is 2.33 bits per heavy atom. The van der Waals surface area contributed by atoms with E-state index in [4.69, 9.17) is 5.73 Å². The monoisotopic (exact) mass is 207 g/mol. The Morgan fingerprint density at radius 3 is 2.80 bits per heavy atom. The van der Waals surface area contributed by atoms with Gasteiger partial charge in [0.25, 0.3) is 5.91 Å². The third-order valence-corrected chi connectivity index (χ3v) is 3.06. The lowest BCUT2D eigenvalue weighted by Gasteiger charge is -2.21. The number of carbonyl (C=O) groups excluding carboxylic acids is 1. The lowest BCUT2D eigenvalue weighted by atomic mass is 10.2. The normalized spacial score (nSPS) is 20.9. The van der Waals surface area contributed by atoms with Crippen molar-refractivity contribution < 1.29 is 4.79 Å². The molecule has 15 heavy (non-hydrogen) atoms. The molecule has 1 aromatic rings. The van der Waals surface area contributed by atoms with Gasteiger partial charge in [-0.1, -0.05) is 0 Å². The highest BCUT2D eigenvalue weighted by molar-refractivity contribution is 5.94. The number of carbonyl (C=O) groups is 1. The summed E-state index contributed by atoms with van der Waals surface area (Å²) in [7, 11) is 1.85. The van der Waals surface area contributed by atoms with Gasteiger partial charge in [0.2, 0.25) is 0 Å². The van der Waals surface area contributed by atoms with Gasteiger partial charge in [-0.05, 0) is 25.8 Å². The topological polar surface area (TPSA) is 51.3 Å². The zero-order valence-corrected chi connectivity index (χ0v) is 9.23. The molecule has 0 aromatic carbocycles. The summed E-state index contributed by atoms with van der Waals surface area (Å²) >= 11 is 0. The van der Waals surface area contributed by atoms with Crippen molar-refractivity contribution >= 4 is 11.6 Å². The summed E-state index contributed by atoms with van der Waals surface area (Å²) in [6.07, 6.45) is 3.98. The largest absolute Gasteiger partial charge is 0.397 e. The molecule has 4 nitrogen and oxygen atoms in total. The molecule has 1 aliphatic heterocycles. The highest BCUT2D eigenvalue weighted by Gasteiger charge is 2.27. The van der Waals surface area contributed by atoms with Crippen molar-refractivity contribution in [2.24, 2.45) is 7.05 Å². The van der Waals surface area contributed by atoms with Crippen molar-refractivity contribution in [1.82, 2.24) is 9.47 Å². The smallest absolute Gasteiger partial charge is 0.270 e. The van der Waals surface area contributed by atoms with E-state index in [1.54, 1.807) is 16.8 Å². The van der Waals surface area contributed by atoms with Gasteiger partial charge in [-0.2, -0.15) is 0 Å². The predicted octanol–water partition coefficient (Wildman–Crippen LogP) is 1.23. The van der Waals surface area contributed by atoms with Gasteiger partial charge in [-0.25, -0.2) is 0 Å². The fourth-order valence-electron chi connectivity index (χ4n) is 2.18. The molecule has 2 N–H and O–H groups in total. The third-order valence-electron chi connectivity index (χ3n) is 3.06. The minimum absolute atomic E-state index is 0.0965. The average molecular weight is 207 g/mol. The predicted molar refractivity (Wildman–Crippen MR) is 59.6 cm³/mol. The Kier molecular flexibility index (Phi) is 2.42. The van der Waals surface area contributed by atoms with Crippen molar-refractivity contribution in [1.29, 1.82) is 0 Å². The first-order chi connectivity index (χ1) is 7.09. The van der Waals surface area contributed by atoms with Gasteiger partial charge >= 0.3 is 0 Å². The fraction of sp³-hybridized carbons (Fsp3) is 0.545. The number of nitrogens with two attached hydrogens (primary N) is 1. The number of rotatable bonds is 1. The second-order valence-corrected chi connectivity index (χ2v) is 4.26. The molecule has 0 radical (unpaired) electrons. The minimum atomic E-state index is 0.0965. The van der Waals surface area contributed by atoms with Crippen LogP contribution in [-0.4, -0.2) is 28.0 Å². The fourth-order valence-corrected chi connectivity index (χ4v) is 2.18. The second kappa shape index (κ2) is 3.61. The summed E-state index contributed by atoms with van der Waals surface area (Å²) in [5.74, 6) is 0.0965. The number of nitrogen functional groups attached to an aromatic ring is 1. The minimum Gasteiger partial charge on any atom is -0.397 e. The summed E-state index contributed by atoms with van der Waals surface area (Å²) in [5, 5.41) is 0. The number of hydrogen-bond donors (Lipinski definition) is 1. The van der Waals surface area contributed by atoms with E-state index in [0.717, 1.165) is 19.4 Å². The summed E-state index contributed by atoms with van der Waals surface area (Å²) < 4.78 is 1.79. The first kappa shape index (κ1) is 10.1. The molecule has 1 atom stereocenters. The number of aromatic nitrogens is 1. The van der Waals surface area contributed by atoms with Crippen LogP contribution in [0.3, 0.4) is 0 Å². The van der Waals surface area contributed by atoms with Crippen molar-refractivity contribution in [3.8, 4) is 0 Å². The first-order valence-corrected chi connectivity index (χ1v) is 5.32. The molecule has 2 heterocycles. The molecule has 82 valence electrons. The number of nitrogens with zero attached hydrogens (tertiary/aromatic N) is 2. The average Bonchev–Trinajstić information content (AvgIpc) is 2.71. The van der Waals surface area contributed by atoms with Crippen molar-refractivity contribution in [3.63, 3.8) is 0 Å². The maximum atomic E-state index is 12.1. The Hall–Kier alpha value is -1.45. The van der Waals surface area contributed by atoms with E-state index in [-0.39, 0.29) is 5.91 Å².